The molecule has 2 N–H and O–H groups in total. The van der Waals surface area contributed by atoms with Gasteiger partial charge in [-0.25, -0.2) is 0 Å². The molecule has 0 saturated heterocycles. The van der Waals surface area contributed by atoms with Gasteiger partial charge in [0.25, 0.3) is 11.6 Å². The van der Waals surface area contributed by atoms with E-state index in [1.165, 1.54) is 11.3 Å². The lowest BCUT2D eigenvalue weighted by Gasteiger charge is -2.01. The van der Waals surface area contributed by atoms with E-state index in [-0.39, 0.29) is 27.7 Å². The molecule has 2 rings (SSSR count). The molecule has 0 spiro atoms. The molecular weight excluding hydrogens is 334 g/mol. The average molecular weight is 345 g/mol. The summed E-state index contributed by atoms with van der Waals surface area (Å²) in [4.78, 5) is 22.4. The molecule has 1 aromatic carbocycles. The highest BCUT2D eigenvalue weighted by Gasteiger charge is 2.17. The zero-order valence-electron chi connectivity index (χ0n) is 12.4. The van der Waals surface area contributed by atoms with Crippen molar-refractivity contribution in [1.82, 2.24) is 10.2 Å². The van der Waals surface area contributed by atoms with Crippen molar-refractivity contribution in [3.8, 4) is 11.8 Å². The second kappa shape index (κ2) is 7.30. The molecule has 24 heavy (non-hydrogen) atoms. The summed E-state index contributed by atoms with van der Waals surface area (Å²) in [5.74, 6) is -0.991. The largest absolute Gasteiger partial charge is 0.508 e. The number of hydrogen-bond acceptors (Lipinski definition) is 8. The lowest BCUT2D eigenvalue weighted by Crippen LogP contribution is -2.13. The number of benzene rings is 1. The Morgan fingerprint density at radius 1 is 1.54 bits per heavy atom. The van der Waals surface area contributed by atoms with Crippen LogP contribution >= 0.6 is 11.3 Å². The third-order valence-electron chi connectivity index (χ3n) is 2.86. The van der Waals surface area contributed by atoms with Crippen molar-refractivity contribution < 1.29 is 14.8 Å². The number of carbonyl (C=O) groups is 1. The van der Waals surface area contributed by atoms with Crippen LogP contribution in [0.25, 0.3) is 6.08 Å². The van der Waals surface area contributed by atoms with Crippen LogP contribution < -0.4 is 5.32 Å². The maximum absolute atomic E-state index is 12.1. The fourth-order valence-electron chi connectivity index (χ4n) is 1.74. The molecule has 0 bridgehead atoms. The molecule has 122 valence electrons. The number of nitro groups is 1. The number of anilines is 1. The number of nitro benzene ring substituents is 1. The van der Waals surface area contributed by atoms with Crippen molar-refractivity contribution in [2.24, 2.45) is 0 Å². The number of rotatable bonds is 5. The van der Waals surface area contributed by atoms with Crippen LogP contribution in [0.15, 0.2) is 23.8 Å². The number of phenols is 1. The van der Waals surface area contributed by atoms with Crippen LogP contribution in [0.2, 0.25) is 0 Å². The van der Waals surface area contributed by atoms with Crippen LogP contribution in [0.4, 0.5) is 10.8 Å². The first-order chi connectivity index (χ1) is 11.4. The zero-order chi connectivity index (χ0) is 17.7. The second-order valence-corrected chi connectivity index (χ2v) is 5.54. The standard InChI is InChI=1S/C14H11N5O4S/c1-2-12-17-18-14(24-12)16-13(21)9(7-15)5-8-6-10(20)3-4-11(8)19(22)23/h3-6,20H,2H2,1H3,(H,16,18,21). The molecule has 0 aliphatic carbocycles. The fraction of sp³-hybridized carbons (Fsp3) is 0.143. The summed E-state index contributed by atoms with van der Waals surface area (Å²) in [6.07, 6.45) is 1.69. The summed E-state index contributed by atoms with van der Waals surface area (Å²) in [7, 11) is 0. The maximum Gasteiger partial charge on any atom is 0.276 e. The predicted molar refractivity (Wildman–Crippen MR) is 86.3 cm³/mol. The molecule has 0 unspecified atom stereocenters. The van der Waals surface area contributed by atoms with E-state index in [1.54, 1.807) is 6.07 Å². The van der Waals surface area contributed by atoms with Gasteiger partial charge in [-0.05, 0) is 24.6 Å². The first kappa shape index (κ1) is 17.0. The third kappa shape index (κ3) is 3.90. The summed E-state index contributed by atoms with van der Waals surface area (Å²) < 4.78 is 0. The van der Waals surface area contributed by atoms with Crippen LogP contribution in [-0.2, 0) is 11.2 Å². The summed E-state index contributed by atoms with van der Waals surface area (Å²) in [6, 6.07) is 5.02. The lowest BCUT2D eigenvalue weighted by atomic mass is 10.1. The van der Waals surface area contributed by atoms with Crippen molar-refractivity contribution in [2.75, 3.05) is 5.32 Å². The van der Waals surface area contributed by atoms with Gasteiger partial charge in [0, 0.05) is 6.07 Å². The highest BCUT2D eigenvalue weighted by atomic mass is 32.1. The minimum absolute atomic E-state index is 0.0572. The van der Waals surface area contributed by atoms with Crippen molar-refractivity contribution in [3.05, 3.63) is 44.5 Å². The van der Waals surface area contributed by atoms with Gasteiger partial charge < -0.3 is 5.11 Å². The highest BCUT2D eigenvalue weighted by Crippen LogP contribution is 2.26. The molecule has 1 amide bonds. The Balaban J connectivity index is 2.32. The average Bonchev–Trinajstić information content (AvgIpc) is 2.99. The summed E-state index contributed by atoms with van der Waals surface area (Å²) in [5, 5.41) is 40.5. The third-order valence-corrected chi connectivity index (χ3v) is 3.85. The SMILES string of the molecule is CCc1nnc(NC(=O)C(C#N)=Cc2cc(O)ccc2[N+](=O)[O-])s1. The Labute approximate surface area is 140 Å². The number of aromatic nitrogens is 2. The Morgan fingerprint density at radius 2 is 2.29 bits per heavy atom. The normalized spacial score (nSPS) is 10.9. The molecule has 9 nitrogen and oxygen atoms in total. The van der Waals surface area contributed by atoms with E-state index in [4.69, 9.17) is 5.26 Å². The quantitative estimate of drug-likeness (QED) is 0.366. The Bertz CT molecular complexity index is 868. The number of nitriles is 1. The van der Waals surface area contributed by atoms with Gasteiger partial charge in [0.2, 0.25) is 5.13 Å². The van der Waals surface area contributed by atoms with Gasteiger partial charge >= 0.3 is 0 Å². The topological polar surface area (TPSA) is 142 Å². The molecular formula is C14H11N5O4S. The highest BCUT2D eigenvalue weighted by molar-refractivity contribution is 7.15. The van der Waals surface area contributed by atoms with Gasteiger partial charge in [-0.15, -0.1) is 10.2 Å². The first-order valence-electron chi connectivity index (χ1n) is 6.67. The zero-order valence-corrected chi connectivity index (χ0v) is 13.2. The molecule has 0 atom stereocenters. The fourth-order valence-corrected chi connectivity index (χ4v) is 2.41. The number of phenolic OH excluding ortho intramolecular Hbond substituents is 1. The monoisotopic (exact) mass is 345 g/mol. The van der Waals surface area contributed by atoms with Gasteiger partial charge in [-0.1, -0.05) is 18.3 Å². The second-order valence-electron chi connectivity index (χ2n) is 4.48. The smallest absolute Gasteiger partial charge is 0.276 e. The molecule has 0 saturated carbocycles. The van der Waals surface area contributed by atoms with E-state index in [0.717, 1.165) is 29.3 Å². The molecule has 10 heteroatoms. The number of amides is 1. The van der Waals surface area contributed by atoms with Crippen LogP contribution in [0.5, 0.6) is 5.75 Å². The van der Waals surface area contributed by atoms with Crippen molar-refractivity contribution in [2.45, 2.75) is 13.3 Å². The maximum atomic E-state index is 12.1. The summed E-state index contributed by atoms with van der Waals surface area (Å²) >= 11 is 1.17. The van der Waals surface area contributed by atoms with Crippen LogP contribution in [0.1, 0.15) is 17.5 Å². The van der Waals surface area contributed by atoms with Crippen LogP contribution in [0, 0.1) is 21.4 Å². The number of nitrogens with zero attached hydrogens (tertiary/aromatic N) is 4. The van der Waals surface area contributed by atoms with Crippen LogP contribution in [0.3, 0.4) is 0 Å². The summed E-state index contributed by atoms with van der Waals surface area (Å²) in [6.45, 7) is 1.88. The Morgan fingerprint density at radius 3 is 2.88 bits per heavy atom. The molecule has 1 heterocycles. The number of hydrogen-bond donors (Lipinski definition) is 2. The van der Waals surface area contributed by atoms with Gasteiger partial charge in [-0.2, -0.15) is 5.26 Å². The van der Waals surface area contributed by atoms with E-state index >= 15 is 0 Å². The number of carbonyl (C=O) groups excluding carboxylic acids is 1. The Kier molecular flexibility index (Phi) is 5.18. The number of aryl methyl sites for hydroxylation is 1. The van der Waals surface area contributed by atoms with Gasteiger partial charge in [-0.3, -0.25) is 20.2 Å². The van der Waals surface area contributed by atoms with Crippen LogP contribution in [-0.4, -0.2) is 26.1 Å². The number of aromatic hydroxyl groups is 1. The molecule has 1 aromatic heterocycles. The van der Waals surface area contributed by atoms with E-state index in [0.29, 0.717) is 6.42 Å². The van der Waals surface area contributed by atoms with Crippen molar-refractivity contribution >= 4 is 34.1 Å². The molecule has 0 aliphatic heterocycles. The molecule has 2 aromatic rings. The van der Waals surface area contributed by atoms with E-state index in [9.17, 15) is 20.0 Å². The molecule has 0 radical (unpaired) electrons. The van der Waals surface area contributed by atoms with Crippen molar-refractivity contribution in [3.63, 3.8) is 0 Å². The van der Waals surface area contributed by atoms with E-state index in [1.807, 2.05) is 6.92 Å². The minimum Gasteiger partial charge on any atom is -0.508 e. The molecule has 0 aliphatic rings. The molecule has 0 fully saturated rings. The van der Waals surface area contributed by atoms with Gasteiger partial charge in [0.1, 0.15) is 22.4 Å². The van der Waals surface area contributed by atoms with Gasteiger partial charge in [0.15, 0.2) is 0 Å². The Hall–Kier alpha value is -3.32. The van der Waals surface area contributed by atoms with Crippen molar-refractivity contribution in [1.29, 1.82) is 5.26 Å². The first-order valence-corrected chi connectivity index (χ1v) is 7.49. The van der Waals surface area contributed by atoms with E-state index in [2.05, 4.69) is 15.5 Å². The van der Waals surface area contributed by atoms with Gasteiger partial charge in [0.05, 0.1) is 10.5 Å². The minimum atomic E-state index is -0.769. The predicted octanol–water partition coefficient (Wildman–Crippen LogP) is 2.26. The summed E-state index contributed by atoms with van der Waals surface area (Å²) in [5.41, 5.74) is -0.757. The van der Waals surface area contributed by atoms with E-state index < -0.39 is 10.8 Å². The lowest BCUT2D eigenvalue weighted by molar-refractivity contribution is -0.385. The number of nitrogens with one attached hydrogen (secondary N) is 1.